The first-order valence-corrected chi connectivity index (χ1v) is 9.55. The van der Waals surface area contributed by atoms with Gasteiger partial charge in [0.1, 0.15) is 5.75 Å². The van der Waals surface area contributed by atoms with E-state index < -0.39 is 0 Å². The van der Waals surface area contributed by atoms with Crippen LogP contribution >= 0.6 is 0 Å². The number of hydrogen-bond acceptors (Lipinski definition) is 2. The first-order valence-electron chi connectivity index (χ1n) is 9.55. The highest BCUT2D eigenvalue weighted by Gasteiger charge is 2.10. The lowest BCUT2D eigenvalue weighted by molar-refractivity contribution is 0.360. The Labute approximate surface area is 164 Å². The molecular formula is C25H31NO. The summed E-state index contributed by atoms with van der Waals surface area (Å²) in [5.74, 6) is 6.70. The van der Waals surface area contributed by atoms with E-state index in [1.807, 2.05) is 18.2 Å². The maximum Gasteiger partial charge on any atom is 0.119 e. The number of nitrogens with zero attached hydrogens (tertiary/aromatic N) is 1. The van der Waals surface area contributed by atoms with Gasteiger partial charge in [0.25, 0.3) is 0 Å². The third-order valence-electron chi connectivity index (χ3n) is 4.26. The van der Waals surface area contributed by atoms with Crippen molar-refractivity contribution in [2.75, 3.05) is 13.6 Å². The summed E-state index contributed by atoms with van der Waals surface area (Å²) < 4.78 is 0. The average molecular weight is 362 g/mol. The molecule has 0 amide bonds. The van der Waals surface area contributed by atoms with Gasteiger partial charge in [-0.25, -0.2) is 0 Å². The van der Waals surface area contributed by atoms with Gasteiger partial charge in [-0.1, -0.05) is 60.4 Å². The molecule has 2 aromatic carbocycles. The van der Waals surface area contributed by atoms with Crippen LogP contribution in [-0.2, 0) is 19.4 Å². The number of phenolic OH excluding ortho intramolecular Hbond substituents is 1. The van der Waals surface area contributed by atoms with Crippen LogP contribution in [0, 0.1) is 17.3 Å². The number of hydrogen-bond donors (Lipinski definition) is 1. The minimum atomic E-state index is 0.0332. The van der Waals surface area contributed by atoms with E-state index in [0.717, 1.165) is 31.5 Å². The molecule has 0 aliphatic rings. The van der Waals surface area contributed by atoms with Gasteiger partial charge in [-0.05, 0) is 69.5 Å². The van der Waals surface area contributed by atoms with Crippen molar-refractivity contribution in [1.29, 1.82) is 0 Å². The van der Waals surface area contributed by atoms with Gasteiger partial charge < -0.3 is 5.11 Å². The quantitative estimate of drug-likeness (QED) is 0.684. The standard InChI is InChI=1S/C25H31NO/c1-25(2,3)18-9-6-10-19-26(4)20-22-14-11-15-24(27)23(22)17-16-21-12-7-5-8-13-21/h5-8,10-15,27H,16-17,19-20H2,1-4H3/b10-6-. The zero-order chi connectivity index (χ0) is 19.7. The lowest BCUT2D eigenvalue weighted by Gasteiger charge is -2.18. The Bertz CT molecular complexity index is 804. The van der Waals surface area contributed by atoms with Gasteiger partial charge in [0.2, 0.25) is 0 Å². The van der Waals surface area contributed by atoms with Crippen LogP contribution in [-0.4, -0.2) is 23.6 Å². The molecule has 2 aromatic rings. The fourth-order valence-electron chi connectivity index (χ4n) is 2.88. The van der Waals surface area contributed by atoms with E-state index in [9.17, 15) is 5.11 Å². The molecule has 0 fully saturated rings. The van der Waals surface area contributed by atoms with Gasteiger partial charge in [-0.3, -0.25) is 4.90 Å². The molecule has 2 heteroatoms. The van der Waals surface area contributed by atoms with Crippen molar-refractivity contribution in [3.8, 4) is 17.6 Å². The highest BCUT2D eigenvalue weighted by molar-refractivity contribution is 5.40. The van der Waals surface area contributed by atoms with Gasteiger partial charge in [-0.15, -0.1) is 0 Å². The van der Waals surface area contributed by atoms with E-state index in [1.165, 1.54) is 11.1 Å². The molecule has 0 bridgehead atoms. The van der Waals surface area contributed by atoms with Crippen LogP contribution in [0.2, 0.25) is 0 Å². The Balaban J connectivity index is 1.98. The molecule has 2 rings (SSSR count). The minimum absolute atomic E-state index is 0.0332. The summed E-state index contributed by atoms with van der Waals surface area (Å²) in [6, 6.07) is 16.2. The summed E-state index contributed by atoms with van der Waals surface area (Å²) in [5, 5.41) is 10.4. The Morgan fingerprint density at radius 1 is 1.00 bits per heavy atom. The van der Waals surface area contributed by atoms with E-state index in [0.29, 0.717) is 5.75 Å². The first kappa shape index (κ1) is 20.8. The van der Waals surface area contributed by atoms with Crippen LogP contribution in [0.3, 0.4) is 0 Å². The molecule has 0 atom stereocenters. The lowest BCUT2D eigenvalue weighted by atomic mass is 9.98. The number of likely N-dealkylation sites (N-methyl/N-ethyl adjacent to an activating group) is 1. The van der Waals surface area contributed by atoms with Crippen LogP contribution in [0.25, 0.3) is 0 Å². The normalized spacial score (nSPS) is 11.6. The molecule has 27 heavy (non-hydrogen) atoms. The average Bonchev–Trinajstić information content (AvgIpc) is 2.61. The van der Waals surface area contributed by atoms with E-state index in [1.54, 1.807) is 6.07 Å². The molecular weight excluding hydrogens is 330 g/mol. The van der Waals surface area contributed by atoms with Crippen molar-refractivity contribution in [3.63, 3.8) is 0 Å². The number of aryl methyl sites for hydroxylation is 1. The Hall–Kier alpha value is -2.50. The maximum absolute atomic E-state index is 10.4. The number of aromatic hydroxyl groups is 1. The molecule has 142 valence electrons. The summed E-state index contributed by atoms with van der Waals surface area (Å²) >= 11 is 0. The van der Waals surface area contributed by atoms with Crippen molar-refractivity contribution < 1.29 is 5.11 Å². The fourth-order valence-corrected chi connectivity index (χ4v) is 2.88. The van der Waals surface area contributed by atoms with E-state index in [2.05, 4.69) is 81.0 Å². The first-order chi connectivity index (χ1) is 12.8. The highest BCUT2D eigenvalue weighted by Crippen LogP contribution is 2.24. The fraction of sp³-hybridized carbons (Fsp3) is 0.360. The number of phenols is 1. The largest absolute Gasteiger partial charge is 0.508 e. The summed E-state index contributed by atoms with van der Waals surface area (Å²) in [4.78, 5) is 2.23. The topological polar surface area (TPSA) is 23.5 Å². The van der Waals surface area contributed by atoms with Gasteiger partial charge in [-0.2, -0.15) is 0 Å². The van der Waals surface area contributed by atoms with Gasteiger partial charge in [0.15, 0.2) is 0 Å². The van der Waals surface area contributed by atoms with Crippen LogP contribution in [0.4, 0.5) is 0 Å². The zero-order valence-corrected chi connectivity index (χ0v) is 17.0. The van der Waals surface area contributed by atoms with E-state index in [4.69, 9.17) is 0 Å². The summed E-state index contributed by atoms with van der Waals surface area (Å²) in [6.45, 7) is 7.96. The van der Waals surface area contributed by atoms with E-state index in [-0.39, 0.29) is 5.41 Å². The lowest BCUT2D eigenvalue weighted by Crippen LogP contribution is -2.18. The molecule has 0 heterocycles. The Morgan fingerprint density at radius 3 is 2.44 bits per heavy atom. The number of benzene rings is 2. The third-order valence-corrected chi connectivity index (χ3v) is 4.26. The van der Waals surface area contributed by atoms with Crippen molar-refractivity contribution >= 4 is 0 Å². The molecule has 2 nitrogen and oxygen atoms in total. The molecule has 0 saturated carbocycles. The molecule has 0 spiro atoms. The summed E-state index contributed by atoms with van der Waals surface area (Å²) in [5.41, 5.74) is 3.55. The summed E-state index contributed by atoms with van der Waals surface area (Å²) in [7, 11) is 2.09. The Morgan fingerprint density at radius 2 is 1.74 bits per heavy atom. The monoisotopic (exact) mass is 361 g/mol. The van der Waals surface area contributed by atoms with Crippen molar-refractivity contribution in [1.82, 2.24) is 4.90 Å². The second-order valence-electron chi connectivity index (χ2n) is 8.02. The second-order valence-corrected chi connectivity index (χ2v) is 8.02. The van der Waals surface area contributed by atoms with Crippen LogP contribution in [0.1, 0.15) is 37.5 Å². The maximum atomic E-state index is 10.4. The third kappa shape index (κ3) is 7.72. The minimum Gasteiger partial charge on any atom is -0.508 e. The van der Waals surface area contributed by atoms with Crippen molar-refractivity contribution in [2.45, 2.75) is 40.2 Å². The summed E-state index contributed by atoms with van der Waals surface area (Å²) in [6.07, 6.45) is 5.79. The zero-order valence-electron chi connectivity index (χ0n) is 17.0. The van der Waals surface area contributed by atoms with Gasteiger partial charge in [0.05, 0.1) is 0 Å². The smallest absolute Gasteiger partial charge is 0.119 e. The highest BCUT2D eigenvalue weighted by atomic mass is 16.3. The predicted octanol–water partition coefficient (Wildman–Crippen LogP) is 5.21. The van der Waals surface area contributed by atoms with Crippen molar-refractivity contribution in [2.24, 2.45) is 5.41 Å². The Kier molecular flexibility index (Phi) is 7.70. The van der Waals surface area contributed by atoms with Crippen LogP contribution in [0.5, 0.6) is 5.75 Å². The van der Waals surface area contributed by atoms with Crippen LogP contribution in [0.15, 0.2) is 60.7 Å². The molecule has 0 aliphatic carbocycles. The molecule has 0 aromatic heterocycles. The molecule has 0 unspecified atom stereocenters. The molecule has 1 N–H and O–H groups in total. The molecule has 0 radical (unpaired) electrons. The van der Waals surface area contributed by atoms with Crippen molar-refractivity contribution in [3.05, 3.63) is 77.4 Å². The predicted molar refractivity (Wildman–Crippen MR) is 115 cm³/mol. The van der Waals surface area contributed by atoms with E-state index >= 15 is 0 Å². The van der Waals surface area contributed by atoms with Gasteiger partial charge >= 0.3 is 0 Å². The second kappa shape index (κ2) is 10.00. The number of rotatable bonds is 7. The molecule has 0 saturated heterocycles. The SMILES string of the molecule is CN(C/C=C\C#CC(C)(C)C)Cc1cccc(O)c1CCc1ccccc1. The van der Waals surface area contributed by atoms with Crippen LogP contribution < -0.4 is 0 Å². The molecule has 0 aliphatic heterocycles. The van der Waals surface area contributed by atoms with Gasteiger partial charge in [0, 0.05) is 18.5 Å². The number of allylic oxidation sites excluding steroid dienone is 1.